The number of hydrogen-bond acceptors (Lipinski definition) is 5. The number of ketones is 1. The van der Waals surface area contributed by atoms with Crippen LogP contribution in [0.15, 0.2) is 51.6 Å². The van der Waals surface area contributed by atoms with Gasteiger partial charge in [-0.2, -0.15) is 0 Å². The number of H-pyrrole nitrogens is 1. The summed E-state index contributed by atoms with van der Waals surface area (Å²) in [5, 5.41) is 1.21. The van der Waals surface area contributed by atoms with Crippen LogP contribution >= 0.6 is 11.3 Å². The Morgan fingerprint density at radius 3 is 2.65 bits per heavy atom. The second-order valence-electron chi connectivity index (χ2n) is 5.16. The number of nitrogens with one attached hydrogen (secondary N) is 1. The molecule has 2 aromatic heterocycles. The van der Waals surface area contributed by atoms with Gasteiger partial charge < -0.3 is 4.98 Å². The molecule has 23 heavy (non-hydrogen) atoms. The Bertz CT molecular complexity index is 1060. The molecule has 1 N–H and O–H groups in total. The van der Waals surface area contributed by atoms with Crippen LogP contribution < -0.4 is 5.56 Å². The van der Waals surface area contributed by atoms with E-state index in [1.807, 2.05) is 0 Å². The highest BCUT2D eigenvalue weighted by atomic mass is 32.2. The van der Waals surface area contributed by atoms with Crippen molar-refractivity contribution < 1.29 is 13.2 Å². The maximum absolute atomic E-state index is 12.5. The van der Waals surface area contributed by atoms with Crippen LogP contribution in [0.2, 0.25) is 0 Å². The van der Waals surface area contributed by atoms with E-state index in [1.54, 1.807) is 30.5 Å². The molecule has 0 spiro atoms. The summed E-state index contributed by atoms with van der Waals surface area (Å²) in [7, 11) is -3.55. The predicted octanol–water partition coefficient (Wildman–Crippen LogP) is 2.77. The highest BCUT2D eigenvalue weighted by Gasteiger charge is 2.19. The molecular formula is C16H13NO4S2. The average Bonchev–Trinajstić information content (AvgIpc) is 2.99. The summed E-state index contributed by atoms with van der Waals surface area (Å²) in [6.07, 6.45) is 1.55. The van der Waals surface area contributed by atoms with Crippen LogP contribution in [-0.4, -0.2) is 19.2 Å². The molecule has 0 fully saturated rings. The Balaban J connectivity index is 1.98. The van der Waals surface area contributed by atoms with E-state index in [9.17, 15) is 18.0 Å². The number of carbonyl (C=O) groups is 1. The Labute approximate surface area is 136 Å². The van der Waals surface area contributed by atoms with Crippen LogP contribution in [-0.2, 0) is 15.6 Å². The molecule has 2 heterocycles. The van der Waals surface area contributed by atoms with E-state index in [-0.39, 0.29) is 21.3 Å². The SMILES string of the molecule is CC(=O)c1ccc(S(=O)(=O)Cc2ccc3cc[nH]c(=O)c3c2)s1. The number of benzene rings is 1. The van der Waals surface area contributed by atoms with Crippen molar-refractivity contribution in [3.8, 4) is 0 Å². The normalized spacial score (nSPS) is 11.7. The van der Waals surface area contributed by atoms with E-state index in [0.717, 1.165) is 16.7 Å². The van der Waals surface area contributed by atoms with Gasteiger partial charge in [-0.25, -0.2) is 8.42 Å². The maximum Gasteiger partial charge on any atom is 0.255 e. The first kappa shape index (κ1) is 15.6. The first-order valence-electron chi connectivity index (χ1n) is 6.81. The Morgan fingerprint density at radius 1 is 1.17 bits per heavy atom. The number of rotatable bonds is 4. The van der Waals surface area contributed by atoms with Gasteiger partial charge in [-0.15, -0.1) is 11.3 Å². The van der Waals surface area contributed by atoms with Crippen molar-refractivity contribution in [2.24, 2.45) is 0 Å². The molecule has 0 saturated carbocycles. The van der Waals surface area contributed by atoms with Gasteiger partial charge in [0.25, 0.3) is 5.56 Å². The molecule has 1 aromatic carbocycles. The highest BCUT2D eigenvalue weighted by Crippen LogP contribution is 2.26. The molecule has 0 bridgehead atoms. The lowest BCUT2D eigenvalue weighted by molar-refractivity contribution is 0.102. The van der Waals surface area contributed by atoms with Gasteiger partial charge in [-0.05, 0) is 42.1 Å². The standard InChI is InChI=1S/C16H13NO4S2/c1-10(18)14-4-5-15(22-14)23(20,21)9-11-2-3-12-6-7-17-16(19)13(12)8-11/h2-8H,9H2,1H3,(H,17,19). The number of Topliss-reactive ketones (excluding diaryl/α,β-unsaturated/α-hetero) is 1. The third-order valence-corrected chi connectivity index (χ3v) is 6.89. The number of thiophene rings is 1. The fourth-order valence-corrected chi connectivity index (χ4v) is 4.91. The third kappa shape index (κ3) is 3.11. The minimum atomic E-state index is -3.55. The fourth-order valence-electron chi connectivity index (χ4n) is 2.29. The number of fused-ring (bicyclic) bond motifs is 1. The Kier molecular flexibility index (Phi) is 3.91. The molecule has 0 aliphatic rings. The maximum atomic E-state index is 12.5. The van der Waals surface area contributed by atoms with Crippen LogP contribution in [0.25, 0.3) is 10.8 Å². The van der Waals surface area contributed by atoms with Gasteiger partial charge in [0.1, 0.15) is 4.21 Å². The molecule has 7 heteroatoms. The summed E-state index contributed by atoms with van der Waals surface area (Å²) in [4.78, 5) is 26.1. The quantitative estimate of drug-likeness (QED) is 0.736. The van der Waals surface area contributed by atoms with Crippen molar-refractivity contribution in [2.45, 2.75) is 16.9 Å². The van der Waals surface area contributed by atoms with Crippen LogP contribution in [0.1, 0.15) is 22.2 Å². The van der Waals surface area contributed by atoms with Crippen LogP contribution in [0, 0.1) is 0 Å². The molecule has 3 aromatic rings. The van der Waals surface area contributed by atoms with E-state index in [0.29, 0.717) is 15.8 Å². The molecule has 0 amide bonds. The molecule has 0 unspecified atom stereocenters. The number of aromatic amines is 1. The second-order valence-corrected chi connectivity index (χ2v) is 8.46. The molecule has 0 atom stereocenters. The molecule has 118 valence electrons. The smallest absolute Gasteiger partial charge is 0.255 e. The van der Waals surface area contributed by atoms with Crippen molar-refractivity contribution in [3.63, 3.8) is 0 Å². The van der Waals surface area contributed by atoms with Gasteiger partial charge in [0.2, 0.25) is 0 Å². The lowest BCUT2D eigenvalue weighted by Gasteiger charge is -2.04. The zero-order valence-electron chi connectivity index (χ0n) is 12.2. The first-order chi connectivity index (χ1) is 10.9. The van der Waals surface area contributed by atoms with E-state index >= 15 is 0 Å². The zero-order valence-corrected chi connectivity index (χ0v) is 13.8. The van der Waals surface area contributed by atoms with Crippen molar-refractivity contribution in [3.05, 3.63) is 63.4 Å². The molecule has 0 aliphatic carbocycles. The fraction of sp³-hybridized carbons (Fsp3) is 0.125. The Morgan fingerprint density at radius 2 is 1.96 bits per heavy atom. The van der Waals surface area contributed by atoms with Gasteiger partial charge in [-0.1, -0.05) is 12.1 Å². The number of sulfone groups is 1. The highest BCUT2D eigenvalue weighted by molar-refractivity contribution is 7.92. The lowest BCUT2D eigenvalue weighted by Crippen LogP contribution is -2.07. The van der Waals surface area contributed by atoms with E-state index in [2.05, 4.69) is 4.98 Å². The lowest BCUT2D eigenvalue weighted by atomic mass is 10.1. The molecular weight excluding hydrogens is 334 g/mol. The van der Waals surface area contributed by atoms with Crippen molar-refractivity contribution in [1.29, 1.82) is 0 Å². The average molecular weight is 347 g/mol. The van der Waals surface area contributed by atoms with Crippen molar-refractivity contribution in [2.75, 3.05) is 0 Å². The summed E-state index contributed by atoms with van der Waals surface area (Å²) >= 11 is 0.969. The summed E-state index contributed by atoms with van der Waals surface area (Å²) in [5.74, 6) is -0.372. The number of aromatic nitrogens is 1. The van der Waals surface area contributed by atoms with Gasteiger partial charge >= 0.3 is 0 Å². The van der Waals surface area contributed by atoms with Gasteiger partial charge in [0.15, 0.2) is 15.6 Å². The molecule has 0 saturated heterocycles. The monoisotopic (exact) mass is 347 g/mol. The predicted molar refractivity (Wildman–Crippen MR) is 89.8 cm³/mol. The van der Waals surface area contributed by atoms with Crippen molar-refractivity contribution in [1.82, 2.24) is 4.98 Å². The minimum Gasteiger partial charge on any atom is -0.329 e. The van der Waals surface area contributed by atoms with Crippen LogP contribution in [0.4, 0.5) is 0 Å². The number of hydrogen-bond donors (Lipinski definition) is 1. The topological polar surface area (TPSA) is 84.1 Å². The molecule has 0 aliphatic heterocycles. The zero-order chi connectivity index (χ0) is 16.6. The number of pyridine rings is 1. The van der Waals surface area contributed by atoms with Gasteiger partial charge in [-0.3, -0.25) is 9.59 Å². The van der Waals surface area contributed by atoms with Crippen LogP contribution in [0.5, 0.6) is 0 Å². The molecule has 3 rings (SSSR count). The van der Waals surface area contributed by atoms with Gasteiger partial charge in [0.05, 0.1) is 10.6 Å². The summed E-state index contributed by atoms with van der Waals surface area (Å²) in [5.41, 5.74) is 0.281. The second kappa shape index (κ2) is 5.75. The van der Waals surface area contributed by atoms with E-state index < -0.39 is 9.84 Å². The minimum absolute atomic E-state index is 0.157. The van der Waals surface area contributed by atoms with Gasteiger partial charge in [0, 0.05) is 11.6 Å². The largest absolute Gasteiger partial charge is 0.329 e. The van der Waals surface area contributed by atoms with E-state index in [4.69, 9.17) is 0 Å². The first-order valence-corrected chi connectivity index (χ1v) is 9.27. The summed E-state index contributed by atoms with van der Waals surface area (Å²) in [6.45, 7) is 1.40. The van der Waals surface area contributed by atoms with E-state index in [1.165, 1.54) is 19.1 Å². The summed E-state index contributed by atoms with van der Waals surface area (Å²) < 4.78 is 25.1. The Hall–Kier alpha value is -2.25. The summed E-state index contributed by atoms with van der Waals surface area (Å²) in [6, 6.07) is 9.73. The van der Waals surface area contributed by atoms with Crippen molar-refractivity contribution >= 4 is 37.7 Å². The molecule has 0 radical (unpaired) electrons. The van der Waals surface area contributed by atoms with Crippen LogP contribution in [0.3, 0.4) is 0 Å². The molecule has 5 nitrogen and oxygen atoms in total. The third-order valence-electron chi connectivity index (χ3n) is 3.43. The number of carbonyl (C=O) groups excluding carboxylic acids is 1.